The summed E-state index contributed by atoms with van der Waals surface area (Å²) in [5.74, 6) is -0.0810. The largest absolute Gasteiger partial charge is 0.497 e. The number of rotatable bonds is 7. The minimum Gasteiger partial charge on any atom is -0.497 e. The lowest BCUT2D eigenvalue weighted by molar-refractivity contribution is -0.148. The third kappa shape index (κ3) is 4.32. The molecule has 9 heteroatoms. The second kappa shape index (κ2) is 8.17. The van der Waals surface area contributed by atoms with Crippen molar-refractivity contribution in [2.75, 3.05) is 26.1 Å². The van der Waals surface area contributed by atoms with Crippen molar-refractivity contribution < 1.29 is 23.8 Å². The van der Waals surface area contributed by atoms with Crippen molar-refractivity contribution in [2.24, 2.45) is 0 Å². The smallest absolute Gasteiger partial charge is 0.328 e. The maximum atomic E-state index is 12.1. The fourth-order valence-electron chi connectivity index (χ4n) is 2.45. The minimum atomic E-state index is -0.599. The molecular formula is C18H18N4O5. The van der Waals surface area contributed by atoms with E-state index in [1.807, 2.05) is 12.1 Å². The van der Waals surface area contributed by atoms with Gasteiger partial charge in [-0.15, -0.1) is 5.10 Å². The molecule has 0 aliphatic heterocycles. The third-order valence-corrected chi connectivity index (χ3v) is 3.74. The zero-order chi connectivity index (χ0) is 19.2. The molecule has 0 saturated carbocycles. The van der Waals surface area contributed by atoms with Gasteiger partial charge in [-0.2, -0.15) is 0 Å². The first-order valence-corrected chi connectivity index (χ1v) is 8.06. The van der Waals surface area contributed by atoms with E-state index in [1.165, 1.54) is 18.9 Å². The zero-order valence-corrected chi connectivity index (χ0v) is 14.8. The lowest BCUT2D eigenvalue weighted by atomic mass is 10.2. The van der Waals surface area contributed by atoms with E-state index in [4.69, 9.17) is 14.2 Å². The van der Waals surface area contributed by atoms with Gasteiger partial charge in [0.2, 0.25) is 0 Å². The Labute approximate surface area is 154 Å². The van der Waals surface area contributed by atoms with E-state index in [9.17, 15) is 9.59 Å². The first-order chi connectivity index (χ1) is 13.1. The topological polar surface area (TPSA) is 105 Å². The molecule has 2 aromatic carbocycles. The highest BCUT2D eigenvalue weighted by Crippen LogP contribution is 2.28. The van der Waals surface area contributed by atoms with Crippen molar-refractivity contribution >= 4 is 28.6 Å². The van der Waals surface area contributed by atoms with Gasteiger partial charge in [-0.05, 0) is 24.3 Å². The Bertz CT molecular complexity index is 969. The van der Waals surface area contributed by atoms with Crippen molar-refractivity contribution in [3.05, 3.63) is 42.5 Å². The molecule has 3 aromatic rings. The summed E-state index contributed by atoms with van der Waals surface area (Å²) >= 11 is 0. The van der Waals surface area contributed by atoms with Crippen LogP contribution in [0.15, 0.2) is 42.5 Å². The Hall–Kier alpha value is -3.62. The molecule has 0 fully saturated rings. The molecule has 0 spiro atoms. The van der Waals surface area contributed by atoms with Gasteiger partial charge in [-0.3, -0.25) is 9.59 Å². The molecule has 27 heavy (non-hydrogen) atoms. The Balaban J connectivity index is 1.57. The highest BCUT2D eigenvalue weighted by atomic mass is 16.5. The summed E-state index contributed by atoms with van der Waals surface area (Å²) < 4.78 is 16.7. The number of hydrogen-bond acceptors (Lipinski definition) is 7. The van der Waals surface area contributed by atoms with E-state index < -0.39 is 18.5 Å². The summed E-state index contributed by atoms with van der Waals surface area (Å²) in [6, 6.07) is 12.2. The van der Waals surface area contributed by atoms with Crippen LogP contribution in [0, 0.1) is 0 Å². The number of hydrogen-bond donors (Lipinski definition) is 1. The number of esters is 1. The van der Waals surface area contributed by atoms with Gasteiger partial charge < -0.3 is 19.5 Å². The second-order valence-corrected chi connectivity index (χ2v) is 5.51. The van der Waals surface area contributed by atoms with Crippen molar-refractivity contribution in [1.82, 2.24) is 15.0 Å². The summed E-state index contributed by atoms with van der Waals surface area (Å²) in [4.78, 5) is 24.1. The molecule has 1 amide bonds. The first kappa shape index (κ1) is 18.2. The molecule has 0 saturated heterocycles. The Morgan fingerprint density at radius 1 is 1.11 bits per heavy atom. The summed E-state index contributed by atoms with van der Waals surface area (Å²) in [6.07, 6.45) is 0. The fourth-order valence-corrected chi connectivity index (χ4v) is 2.45. The highest BCUT2D eigenvalue weighted by molar-refractivity contribution is 5.94. The van der Waals surface area contributed by atoms with Crippen molar-refractivity contribution in [1.29, 1.82) is 0 Å². The lowest BCUT2D eigenvalue weighted by Gasteiger charge is -2.12. The molecule has 9 nitrogen and oxygen atoms in total. The van der Waals surface area contributed by atoms with Crippen LogP contribution < -0.4 is 14.8 Å². The SMILES string of the molecule is COc1ccc(OC)c(NC(=O)COC(=O)Cn2nnc3ccccc32)c1. The summed E-state index contributed by atoms with van der Waals surface area (Å²) in [5.41, 5.74) is 1.80. The van der Waals surface area contributed by atoms with Gasteiger partial charge in [0.25, 0.3) is 5.91 Å². The van der Waals surface area contributed by atoms with E-state index in [2.05, 4.69) is 15.6 Å². The van der Waals surface area contributed by atoms with Crippen molar-refractivity contribution in [2.45, 2.75) is 6.54 Å². The van der Waals surface area contributed by atoms with Gasteiger partial charge in [0.1, 0.15) is 23.6 Å². The van der Waals surface area contributed by atoms with Gasteiger partial charge in [0.05, 0.1) is 25.4 Å². The standard InChI is InChI=1S/C18H18N4O5/c1-25-12-7-8-16(26-2)14(9-12)19-17(23)11-27-18(24)10-22-15-6-4-3-5-13(15)20-21-22/h3-9H,10-11H2,1-2H3,(H,19,23). The molecule has 140 valence electrons. The summed E-state index contributed by atoms with van der Waals surface area (Å²) in [7, 11) is 3.00. The second-order valence-electron chi connectivity index (χ2n) is 5.51. The number of anilines is 1. The van der Waals surface area contributed by atoms with Crippen LogP contribution in [0.1, 0.15) is 0 Å². The monoisotopic (exact) mass is 370 g/mol. The molecule has 0 bridgehead atoms. The van der Waals surface area contributed by atoms with Crippen LogP contribution in [-0.2, 0) is 20.9 Å². The summed E-state index contributed by atoms with van der Waals surface area (Å²) in [5, 5.41) is 10.5. The van der Waals surface area contributed by atoms with Gasteiger partial charge >= 0.3 is 5.97 Å². The van der Waals surface area contributed by atoms with Crippen molar-refractivity contribution in [3.63, 3.8) is 0 Å². The average Bonchev–Trinajstić information content (AvgIpc) is 3.09. The molecular weight excluding hydrogens is 352 g/mol. The van der Waals surface area contributed by atoms with Crippen LogP contribution in [0.25, 0.3) is 11.0 Å². The Kier molecular flexibility index (Phi) is 5.50. The number of ether oxygens (including phenoxy) is 3. The number of fused-ring (bicyclic) bond motifs is 1. The highest BCUT2D eigenvalue weighted by Gasteiger charge is 2.13. The van der Waals surface area contributed by atoms with Crippen LogP contribution >= 0.6 is 0 Å². The van der Waals surface area contributed by atoms with Crippen LogP contribution in [0.3, 0.4) is 0 Å². The Morgan fingerprint density at radius 3 is 2.70 bits per heavy atom. The summed E-state index contributed by atoms with van der Waals surface area (Å²) in [6.45, 7) is -0.581. The number of para-hydroxylation sites is 1. The molecule has 0 unspecified atom stereocenters. The number of amides is 1. The quantitative estimate of drug-likeness (QED) is 0.630. The number of benzene rings is 2. The number of methoxy groups -OCH3 is 2. The van der Waals surface area contributed by atoms with Gasteiger partial charge in [0, 0.05) is 6.07 Å². The van der Waals surface area contributed by atoms with Crippen molar-refractivity contribution in [3.8, 4) is 11.5 Å². The maximum absolute atomic E-state index is 12.1. The normalized spacial score (nSPS) is 10.4. The molecule has 0 atom stereocenters. The number of carbonyl (C=O) groups is 2. The molecule has 0 aliphatic carbocycles. The molecule has 1 heterocycles. The molecule has 0 radical (unpaired) electrons. The van der Waals surface area contributed by atoms with Gasteiger partial charge in [-0.25, -0.2) is 4.68 Å². The molecule has 1 N–H and O–H groups in total. The lowest BCUT2D eigenvalue weighted by Crippen LogP contribution is -2.23. The van der Waals surface area contributed by atoms with E-state index in [0.29, 0.717) is 28.2 Å². The maximum Gasteiger partial charge on any atom is 0.328 e. The average molecular weight is 370 g/mol. The predicted octanol–water partition coefficient (Wildman–Crippen LogP) is 1.63. The van der Waals surface area contributed by atoms with Gasteiger partial charge in [-0.1, -0.05) is 17.3 Å². The van der Waals surface area contributed by atoms with Crippen LogP contribution in [0.4, 0.5) is 5.69 Å². The first-order valence-electron chi connectivity index (χ1n) is 8.06. The van der Waals surface area contributed by atoms with Crippen LogP contribution in [0.5, 0.6) is 11.5 Å². The molecule has 1 aromatic heterocycles. The third-order valence-electron chi connectivity index (χ3n) is 3.74. The number of nitrogens with one attached hydrogen (secondary N) is 1. The molecule has 0 aliphatic rings. The van der Waals surface area contributed by atoms with E-state index >= 15 is 0 Å². The predicted molar refractivity (Wildman–Crippen MR) is 96.7 cm³/mol. The van der Waals surface area contributed by atoms with E-state index in [1.54, 1.807) is 30.3 Å². The fraction of sp³-hybridized carbons (Fsp3) is 0.222. The molecule has 3 rings (SSSR count). The zero-order valence-electron chi connectivity index (χ0n) is 14.8. The Morgan fingerprint density at radius 2 is 1.93 bits per heavy atom. The van der Waals surface area contributed by atoms with E-state index in [-0.39, 0.29) is 6.54 Å². The number of aromatic nitrogens is 3. The minimum absolute atomic E-state index is 0.143. The van der Waals surface area contributed by atoms with E-state index in [0.717, 1.165) is 0 Å². The van der Waals surface area contributed by atoms with Gasteiger partial charge in [0.15, 0.2) is 6.61 Å². The number of nitrogens with zero attached hydrogens (tertiary/aromatic N) is 3. The van der Waals surface area contributed by atoms with Crippen LogP contribution in [0.2, 0.25) is 0 Å². The van der Waals surface area contributed by atoms with Crippen LogP contribution in [-0.4, -0.2) is 47.7 Å². The number of carbonyl (C=O) groups excluding carboxylic acids is 2.